The van der Waals surface area contributed by atoms with Crippen LogP contribution in [0, 0.1) is 5.92 Å². The number of amides is 2. The Morgan fingerprint density at radius 1 is 1.31 bits per heavy atom. The molecule has 2 heterocycles. The summed E-state index contributed by atoms with van der Waals surface area (Å²) in [6, 6.07) is 0.0385. The maximum absolute atomic E-state index is 12.6. The van der Waals surface area contributed by atoms with E-state index in [0.717, 1.165) is 12.1 Å². The van der Waals surface area contributed by atoms with Gasteiger partial charge in [-0.1, -0.05) is 13.8 Å². The van der Waals surface area contributed by atoms with Gasteiger partial charge in [-0.15, -0.1) is 0 Å². The molecule has 1 aromatic rings. The van der Waals surface area contributed by atoms with Gasteiger partial charge < -0.3 is 15.1 Å². The molecule has 26 heavy (non-hydrogen) atoms. The maximum Gasteiger partial charge on any atom is 0.254 e. The van der Waals surface area contributed by atoms with Gasteiger partial charge in [-0.25, -0.2) is 9.97 Å². The molecular weight excluding hydrogens is 330 g/mol. The monoisotopic (exact) mass is 361 g/mol. The van der Waals surface area contributed by atoms with Gasteiger partial charge in [-0.2, -0.15) is 0 Å². The van der Waals surface area contributed by atoms with Crippen molar-refractivity contribution in [1.82, 2.24) is 20.2 Å². The highest BCUT2D eigenvalue weighted by Gasteiger charge is 2.31. The molecule has 0 aliphatic carbocycles. The normalized spacial score (nSPS) is 17.1. The van der Waals surface area contributed by atoms with E-state index in [9.17, 15) is 9.59 Å². The quantitative estimate of drug-likeness (QED) is 0.839. The molecule has 1 atom stereocenters. The van der Waals surface area contributed by atoms with E-state index in [0.29, 0.717) is 36.9 Å². The van der Waals surface area contributed by atoms with Gasteiger partial charge in [-0.05, 0) is 26.2 Å². The number of nitrogens with zero attached hydrogens (tertiary/aromatic N) is 4. The Labute approximate surface area is 156 Å². The van der Waals surface area contributed by atoms with Crippen LogP contribution in [0.4, 0.5) is 5.95 Å². The zero-order valence-corrected chi connectivity index (χ0v) is 16.7. The van der Waals surface area contributed by atoms with Crippen LogP contribution in [0.5, 0.6) is 0 Å². The van der Waals surface area contributed by atoms with Crippen molar-refractivity contribution in [3.8, 4) is 0 Å². The second kappa shape index (κ2) is 8.47. The Balaban J connectivity index is 2.27. The number of rotatable bonds is 6. The largest absolute Gasteiger partial charge is 0.350 e. The van der Waals surface area contributed by atoms with Crippen molar-refractivity contribution in [1.29, 1.82) is 0 Å². The summed E-state index contributed by atoms with van der Waals surface area (Å²) in [7, 11) is 3.75. The summed E-state index contributed by atoms with van der Waals surface area (Å²) >= 11 is 0. The third-order valence-electron chi connectivity index (χ3n) is 4.38. The Bertz CT molecular complexity index is 657. The summed E-state index contributed by atoms with van der Waals surface area (Å²) < 4.78 is 0. The molecule has 2 amide bonds. The summed E-state index contributed by atoms with van der Waals surface area (Å²) in [6.07, 6.45) is 2.98. The van der Waals surface area contributed by atoms with Crippen molar-refractivity contribution in [3.63, 3.8) is 0 Å². The number of anilines is 1. The summed E-state index contributed by atoms with van der Waals surface area (Å²) in [4.78, 5) is 37.6. The van der Waals surface area contributed by atoms with Crippen molar-refractivity contribution in [2.75, 3.05) is 32.1 Å². The molecule has 1 unspecified atom stereocenters. The van der Waals surface area contributed by atoms with Crippen LogP contribution in [0.25, 0.3) is 0 Å². The first kappa shape index (κ1) is 20.1. The van der Waals surface area contributed by atoms with E-state index in [1.807, 2.05) is 51.6 Å². The van der Waals surface area contributed by atoms with Gasteiger partial charge in [-0.3, -0.25) is 9.59 Å². The molecular formula is C19H31N5O2. The van der Waals surface area contributed by atoms with Gasteiger partial charge in [0.1, 0.15) is 0 Å². The van der Waals surface area contributed by atoms with E-state index in [1.54, 1.807) is 6.20 Å². The van der Waals surface area contributed by atoms with E-state index in [2.05, 4.69) is 15.3 Å². The Morgan fingerprint density at radius 3 is 2.58 bits per heavy atom. The fourth-order valence-corrected chi connectivity index (χ4v) is 3.12. The molecule has 0 radical (unpaired) electrons. The number of hydrogen-bond donors (Lipinski definition) is 1. The molecule has 1 aliphatic heterocycles. The lowest BCUT2D eigenvalue weighted by Gasteiger charge is -2.20. The van der Waals surface area contributed by atoms with E-state index in [-0.39, 0.29) is 23.8 Å². The van der Waals surface area contributed by atoms with E-state index >= 15 is 0 Å². The standard InChI is InChI=1S/C19H31N5O2/c1-12(2)9-16(25)24-8-7-14(11-24)17-15(18(26)21-13(3)4)10-20-19(22-17)23(5)6/h10,12-14H,7-9,11H2,1-6H3,(H,21,26). The van der Waals surface area contributed by atoms with Gasteiger partial charge in [0.2, 0.25) is 11.9 Å². The molecule has 0 saturated carbocycles. The average molecular weight is 361 g/mol. The number of carbonyl (C=O) groups excluding carboxylic acids is 2. The van der Waals surface area contributed by atoms with E-state index in [1.165, 1.54) is 0 Å². The summed E-state index contributed by atoms with van der Waals surface area (Å²) in [5, 5.41) is 2.92. The molecule has 1 aliphatic rings. The Morgan fingerprint density at radius 2 is 2.00 bits per heavy atom. The number of likely N-dealkylation sites (tertiary alicyclic amines) is 1. The first-order chi connectivity index (χ1) is 12.2. The fraction of sp³-hybridized carbons (Fsp3) is 0.684. The second-order valence-electron chi connectivity index (χ2n) is 7.91. The average Bonchev–Trinajstić information content (AvgIpc) is 3.02. The molecule has 0 bridgehead atoms. The zero-order chi connectivity index (χ0) is 19.4. The minimum atomic E-state index is -0.160. The number of aromatic nitrogens is 2. The molecule has 1 N–H and O–H groups in total. The van der Waals surface area contributed by atoms with E-state index < -0.39 is 0 Å². The highest BCUT2D eigenvalue weighted by atomic mass is 16.2. The van der Waals surface area contributed by atoms with Crippen LogP contribution in [-0.2, 0) is 4.79 Å². The first-order valence-electron chi connectivity index (χ1n) is 9.32. The highest BCUT2D eigenvalue weighted by molar-refractivity contribution is 5.95. The highest BCUT2D eigenvalue weighted by Crippen LogP contribution is 2.30. The van der Waals surface area contributed by atoms with Crippen molar-refractivity contribution in [2.45, 2.75) is 52.5 Å². The lowest BCUT2D eigenvalue weighted by atomic mass is 9.99. The first-order valence-corrected chi connectivity index (χ1v) is 9.32. The number of nitrogens with one attached hydrogen (secondary N) is 1. The lowest BCUT2D eigenvalue weighted by molar-refractivity contribution is -0.130. The maximum atomic E-state index is 12.6. The SMILES string of the molecule is CC(C)CC(=O)N1CCC(c2nc(N(C)C)ncc2C(=O)NC(C)C)C1. The molecule has 144 valence electrons. The van der Waals surface area contributed by atoms with Crippen molar-refractivity contribution in [2.24, 2.45) is 5.92 Å². The molecule has 7 heteroatoms. The second-order valence-corrected chi connectivity index (χ2v) is 7.91. The molecule has 1 fully saturated rings. The molecule has 0 aromatic carbocycles. The van der Waals surface area contributed by atoms with Crippen LogP contribution < -0.4 is 10.2 Å². The smallest absolute Gasteiger partial charge is 0.254 e. The fourth-order valence-electron chi connectivity index (χ4n) is 3.12. The minimum Gasteiger partial charge on any atom is -0.350 e. The van der Waals surface area contributed by atoms with Crippen LogP contribution in [0.1, 0.15) is 62.5 Å². The third-order valence-corrected chi connectivity index (χ3v) is 4.38. The summed E-state index contributed by atoms with van der Waals surface area (Å²) in [5.74, 6) is 0.993. The predicted molar refractivity (Wildman–Crippen MR) is 102 cm³/mol. The summed E-state index contributed by atoms with van der Waals surface area (Å²) in [6.45, 7) is 9.27. The van der Waals surface area contributed by atoms with Gasteiger partial charge in [0.25, 0.3) is 5.91 Å². The minimum absolute atomic E-state index is 0.0385. The van der Waals surface area contributed by atoms with Crippen LogP contribution in [0.2, 0.25) is 0 Å². The molecule has 7 nitrogen and oxygen atoms in total. The third kappa shape index (κ3) is 4.93. The van der Waals surface area contributed by atoms with Gasteiger partial charge in [0.05, 0.1) is 11.3 Å². The van der Waals surface area contributed by atoms with Crippen LogP contribution in [0.3, 0.4) is 0 Å². The lowest BCUT2D eigenvalue weighted by Crippen LogP contribution is -2.32. The van der Waals surface area contributed by atoms with E-state index in [4.69, 9.17) is 0 Å². The topological polar surface area (TPSA) is 78.4 Å². The van der Waals surface area contributed by atoms with Gasteiger partial charge in [0, 0.05) is 51.8 Å². The number of hydrogen-bond acceptors (Lipinski definition) is 5. The van der Waals surface area contributed by atoms with Crippen molar-refractivity contribution in [3.05, 3.63) is 17.5 Å². The van der Waals surface area contributed by atoms with Gasteiger partial charge >= 0.3 is 0 Å². The van der Waals surface area contributed by atoms with Crippen molar-refractivity contribution < 1.29 is 9.59 Å². The van der Waals surface area contributed by atoms with Gasteiger partial charge in [0.15, 0.2) is 0 Å². The molecule has 1 aromatic heterocycles. The van der Waals surface area contributed by atoms with Crippen LogP contribution in [-0.4, -0.2) is 59.9 Å². The molecule has 0 spiro atoms. The number of carbonyl (C=O) groups is 2. The van der Waals surface area contributed by atoms with Crippen LogP contribution in [0.15, 0.2) is 6.20 Å². The Hall–Kier alpha value is -2.18. The Kier molecular flexibility index (Phi) is 6.56. The summed E-state index contributed by atoms with van der Waals surface area (Å²) in [5.41, 5.74) is 1.24. The van der Waals surface area contributed by atoms with Crippen molar-refractivity contribution >= 4 is 17.8 Å². The van der Waals surface area contributed by atoms with Crippen LogP contribution >= 0.6 is 0 Å². The zero-order valence-electron chi connectivity index (χ0n) is 16.7. The predicted octanol–water partition coefficient (Wildman–Crippen LogP) is 2.04. The molecule has 2 rings (SSSR count). The molecule has 1 saturated heterocycles.